The van der Waals surface area contributed by atoms with Gasteiger partial charge in [0.05, 0.1) is 10.6 Å². The fourth-order valence-corrected chi connectivity index (χ4v) is 3.05. The third-order valence-corrected chi connectivity index (χ3v) is 4.55. The molecule has 1 aliphatic heterocycles. The molecule has 0 saturated carbocycles. The van der Waals surface area contributed by atoms with Gasteiger partial charge in [0.25, 0.3) is 11.8 Å². The predicted octanol–water partition coefficient (Wildman–Crippen LogP) is 2.94. The van der Waals surface area contributed by atoms with Crippen molar-refractivity contribution in [3.8, 4) is 11.3 Å². The molecular weight excluding hydrogens is 392 g/mol. The zero-order valence-electron chi connectivity index (χ0n) is 14.0. The molecule has 2 N–H and O–H groups in total. The van der Waals surface area contributed by atoms with Gasteiger partial charge in [-0.05, 0) is 55.5 Å². The van der Waals surface area contributed by atoms with Gasteiger partial charge in [0.2, 0.25) is 0 Å². The van der Waals surface area contributed by atoms with Gasteiger partial charge in [0.15, 0.2) is 5.11 Å². The first-order valence-corrected chi connectivity index (χ1v) is 8.62. The van der Waals surface area contributed by atoms with Crippen molar-refractivity contribution < 1.29 is 23.9 Å². The molecule has 0 atom stereocenters. The third-order valence-electron chi connectivity index (χ3n) is 3.90. The Morgan fingerprint density at radius 2 is 2.07 bits per heavy atom. The minimum Gasteiger partial charge on any atom is -0.478 e. The second-order valence-electron chi connectivity index (χ2n) is 5.57. The smallest absolute Gasteiger partial charge is 0.337 e. The molecule has 0 radical (unpaired) electrons. The summed E-state index contributed by atoms with van der Waals surface area (Å²) in [7, 11) is 0. The molecule has 0 aliphatic carbocycles. The Morgan fingerprint density at radius 1 is 1.33 bits per heavy atom. The van der Waals surface area contributed by atoms with Crippen LogP contribution in [0, 0.1) is 0 Å². The molecule has 9 heteroatoms. The number of hydrogen-bond acceptors (Lipinski definition) is 5. The Balaban J connectivity index is 1.94. The monoisotopic (exact) mass is 404 g/mol. The van der Waals surface area contributed by atoms with Crippen LogP contribution in [0.25, 0.3) is 17.4 Å². The molecule has 2 aromatic rings. The lowest BCUT2D eigenvalue weighted by atomic mass is 10.1. The van der Waals surface area contributed by atoms with Crippen molar-refractivity contribution in [2.75, 3.05) is 6.54 Å². The highest BCUT2D eigenvalue weighted by molar-refractivity contribution is 7.80. The van der Waals surface area contributed by atoms with E-state index in [1.54, 1.807) is 25.1 Å². The van der Waals surface area contributed by atoms with Gasteiger partial charge in [-0.1, -0.05) is 11.6 Å². The Hall–Kier alpha value is -2.97. The highest BCUT2D eigenvalue weighted by atomic mass is 35.5. The Labute approximate surface area is 164 Å². The maximum atomic E-state index is 12.4. The number of furan rings is 1. The predicted molar refractivity (Wildman–Crippen MR) is 102 cm³/mol. The van der Waals surface area contributed by atoms with Gasteiger partial charge in [0.1, 0.15) is 17.1 Å². The number of amides is 2. The standard InChI is InChI=1S/C18H13ClN2O5S/c1-2-21-16(23)12(15(22)20-18(21)27)8-10-4-6-14(26-10)9-3-5-13(19)11(7-9)17(24)25/h3-8H,2H2,1H3,(H,24,25)(H,20,22,27). The van der Waals surface area contributed by atoms with Crippen LogP contribution >= 0.6 is 23.8 Å². The molecule has 0 unspecified atom stereocenters. The van der Waals surface area contributed by atoms with Crippen molar-refractivity contribution in [1.29, 1.82) is 0 Å². The zero-order valence-corrected chi connectivity index (χ0v) is 15.6. The van der Waals surface area contributed by atoms with Crippen LogP contribution in [0.1, 0.15) is 23.0 Å². The van der Waals surface area contributed by atoms with E-state index in [9.17, 15) is 14.4 Å². The van der Waals surface area contributed by atoms with Crippen molar-refractivity contribution in [2.45, 2.75) is 6.92 Å². The van der Waals surface area contributed by atoms with Gasteiger partial charge in [-0.15, -0.1) is 0 Å². The summed E-state index contributed by atoms with van der Waals surface area (Å²) >= 11 is 10.8. The minimum absolute atomic E-state index is 0.0561. The normalized spacial score (nSPS) is 16.0. The van der Waals surface area contributed by atoms with Crippen molar-refractivity contribution >= 4 is 52.8 Å². The maximum Gasteiger partial charge on any atom is 0.337 e. The fourth-order valence-electron chi connectivity index (χ4n) is 2.55. The van der Waals surface area contributed by atoms with E-state index in [1.165, 1.54) is 23.1 Å². The number of carbonyl (C=O) groups is 3. The van der Waals surface area contributed by atoms with Gasteiger partial charge in [0, 0.05) is 12.1 Å². The highest BCUT2D eigenvalue weighted by Gasteiger charge is 2.32. The molecule has 138 valence electrons. The zero-order chi connectivity index (χ0) is 19.7. The summed E-state index contributed by atoms with van der Waals surface area (Å²) in [4.78, 5) is 37.0. The second kappa shape index (κ2) is 7.34. The molecule has 2 heterocycles. The largest absolute Gasteiger partial charge is 0.478 e. The summed E-state index contributed by atoms with van der Waals surface area (Å²) in [5, 5.41) is 11.8. The van der Waals surface area contributed by atoms with Gasteiger partial charge in [-0.25, -0.2) is 4.79 Å². The second-order valence-corrected chi connectivity index (χ2v) is 6.36. The highest BCUT2D eigenvalue weighted by Crippen LogP contribution is 2.28. The topological polar surface area (TPSA) is 99.8 Å². The molecule has 1 aromatic heterocycles. The number of carbonyl (C=O) groups excluding carboxylic acids is 2. The molecule has 0 spiro atoms. The lowest BCUT2D eigenvalue weighted by Crippen LogP contribution is -2.53. The minimum atomic E-state index is -1.16. The number of carboxylic acid groups (broad SMARTS) is 1. The van der Waals surface area contributed by atoms with E-state index in [-0.39, 0.29) is 27.0 Å². The fraction of sp³-hybridized carbons (Fsp3) is 0.111. The Bertz CT molecular complexity index is 1010. The first kappa shape index (κ1) is 18.8. The Morgan fingerprint density at radius 3 is 2.74 bits per heavy atom. The van der Waals surface area contributed by atoms with E-state index in [0.29, 0.717) is 17.9 Å². The van der Waals surface area contributed by atoms with E-state index in [4.69, 9.17) is 33.3 Å². The molecule has 1 fully saturated rings. The first-order chi connectivity index (χ1) is 12.8. The van der Waals surface area contributed by atoms with Crippen molar-refractivity contribution in [3.05, 3.63) is 52.3 Å². The summed E-state index contributed by atoms with van der Waals surface area (Å²) in [6, 6.07) is 7.63. The van der Waals surface area contributed by atoms with Crippen LogP contribution in [-0.4, -0.2) is 39.4 Å². The van der Waals surface area contributed by atoms with E-state index >= 15 is 0 Å². The number of nitrogens with zero attached hydrogens (tertiary/aromatic N) is 1. The molecule has 1 aliphatic rings. The van der Waals surface area contributed by atoms with Gasteiger partial charge in [-0.3, -0.25) is 19.8 Å². The SMILES string of the molecule is CCN1C(=O)C(=Cc2ccc(-c3ccc(Cl)c(C(=O)O)c3)o2)C(=O)NC1=S. The Kier molecular flexibility index (Phi) is 5.11. The van der Waals surface area contributed by atoms with Crippen molar-refractivity contribution in [3.63, 3.8) is 0 Å². The lowest BCUT2D eigenvalue weighted by Gasteiger charge is -2.27. The maximum absolute atomic E-state index is 12.4. The number of carboxylic acids is 1. The molecule has 7 nitrogen and oxygen atoms in total. The van der Waals surface area contributed by atoms with Crippen LogP contribution in [0.15, 0.2) is 40.3 Å². The van der Waals surface area contributed by atoms with E-state index in [2.05, 4.69) is 5.32 Å². The summed E-state index contributed by atoms with van der Waals surface area (Å²) in [5.41, 5.74) is 0.338. The van der Waals surface area contributed by atoms with Gasteiger partial charge < -0.3 is 9.52 Å². The lowest BCUT2D eigenvalue weighted by molar-refractivity contribution is -0.128. The number of benzene rings is 1. The van der Waals surface area contributed by atoms with Crippen LogP contribution < -0.4 is 5.32 Å². The van der Waals surface area contributed by atoms with Crippen LogP contribution in [0.2, 0.25) is 5.02 Å². The van der Waals surface area contributed by atoms with Gasteiger partial charge in [-0.2, -0.15) is 0 Å². The van der Waals surface area contributed by atoms with Crippen LogP contribution in [0.3, 0.4) is 0 Å². The van der Waals surface area contributed by atoms with Crippen molar-refractivity contribution in [2.24, 2.45) is 0 Å². The van der Waals surface area contributed by atoms with Crippen LogP contribution in [-0.2, 0) is 9.59 Å². The van der Waals surface area contributed by atoms with Crippen molar-refractivity contribution in [1.82, 2.24) is 10.2 Å². The number of aromatic carboxylic acids is 1. The quantitative estimate of drug-likeness (QED) is 0.461. The molecule has 1 saturated heterocycles. The number of halogens is 1. The van der Waals surface area contributed by atoms with E-state index in [0.717, 1.165) is 0 Å². The first-order valence-electron chi connectivity index (χ1n) is 7.83. The molecule has 27 heavy (non-hydrogen) atoms. The number of hydrogen-bond donors (Lipinski definition) is 2. The summed E-state index contributed by atoms with van der Waals surface area (Å²) in [6.45, 7) is 2.06. The van der Waals surface area contributed by atoms with E-state index in [1.807, 2.05) is 0 Å². The molecule has 1 aromatic carbocycles. The van der Waals surface area contributed by atoms with E-state index < -0.39 is 17.8 Å². The molecule has 2 amide bonds. The summed E-state index contributed by atoms with van der Waals surface area (Å²) in [5.74, 6) is -1.64. The molecular formula is C18H13ClN2O5S. The average molecular weight is 405 g/mol. The number of likely N-dealkylation sites (N-methyl/N-ethyl adjacent to an activating group) is 1. The summed E-state index contributed by atoms with van der Waals surface area (Å²) < 4.78 is 5.64. The average Bonchev–Trinajstić information content (AvgIpc) is 3.07. The number of rotatable bonds is 4. The third kappa shape index (κ3) is 3.62. The molecule has 0 bridgehead atoms. The number of nitrogens with one attached hydrogen (secondary N) is 1. The molecule has 3 rings (SSSR count). The number of thiocarbonyl (C=S) groups is 1. The van der Waals surface area contributed by atoms with Crippen LogP contribution in [0.4, 0.5) is 0 Å². The van der Waals surface area contributed by atoms with Crippen LogP contribution in [0.5, 0.6) is 0 Å². The van der Waals surface area contributed by atoms with Gasteiger partial charge >= 0.3 is 5.97 Å². The summed E-state index contributed by atoms with van der Waals surface area (Å²) in [6.07, 6.45) is 1.32.